The molecule has 3 aliphatic rings. The third kappa shape index (κ3) is 1.33. The number of fused-ring (bicyclic) bond motifs is 5. The first-order valence-electron chi connectivity index (χ1n) is 6.95. The van der Waals surface area contributed by atoms with Gasteiger partial charge in [-0.1, -0.05) is 25.5 Å². The van der Waals surface area contributed by atoms with Gasteiger partial charge < -0.3 is 5.11 Å². The minimum absolute atomic E-state index is 0.347. The zero-order chi connectivity index (χ0) is 11.4. The van der Waals surface area contributed by atoms with Crippen LogP contribution in [0.2, 0.25) is 0 Å². The van der Waals surface area contributed by atoms with E-state index < -0.39 is 0 Å². The number of aliphatic hydroxyl groups is 1. The first kappa shape index (κ1) is 10.8. The Morgan fingerprint density at radius 3 is 2.75 bits per heavy atom. The van der Waals surface area contributed by atoms with E-state index >= 15 is 0 Å². The second-order valence-electron chi connectivity index (χ2n) is 6.70. The van der Waals surface area contributed by atoms with E-state index in [0.29, 0.717) is 11.3 Å². The molecule has 4 atom stereocenters. The minimum Gasteiger partial charge on any atom is -0.390 e. The summed E-state index contributed by atoms with van der Waals surface area (Å²) in [6.45, 7) is 4.80. The fourth-order valence-electron chi connectivity index (χ4n) is 4.46. The second-order valence-corrected chi connectivity index (χ2v) is 6.70. The highest BCUT2D eigenvalue weighted by Crippen LogP contribution is 2.62. The van der Waals surface area contributed by atoms with Gasteiger partial charge in [0.15, 0.2) is 0 Å². The molecule has 0 aromatic heterocycles. The lowest BCUT2D eigenvalue weighted by atomic mass is 9.46. The molecule has 0 aliphatic heterocycles. The molecular formula is C15H24O. The van der Waals surface area contributed by atoms with E-state index in [1.807, 2.05) is 0 Å². The molecule has 2 bridgehead atoms. The molecule has 0 radical (unpaired) electrons. The van der Waals surface area contributed by atoms with Gasteiger partial charge in [-0.05, 0) is 62.2 Å². The Labute approximate surface area is 98.9 Å². The number of hydrogen-bond donors (Lipinski definition) is 1. The summed E-state index contributed by atoms with van der Waals surface area (Å²) < 4.78 is 0. The Bertz CT molecular complexity index is 332. The molecule has 1 N–H and O–H groups in total. The number of allylic oxidation sites excluding steroid dienone is 2. The maximum Gasteiger partial charge on any atom is 0.0687 e. The average Bonchev–Trinajstić information content (AvgIpc) is 2.43. The van der Waals surface area contributed by atoms with Crippen molar-refractivity contribution in [1.29, 1.82) is 0 Å². The summed E-state index contributed by atoms with van der Waals surface area (Å²) >= 11 is 0. The van der Waals surface area contributed by atoms with Crippen molar-refractivity contribution in [3.8, 4) is 0 Å². The van der Waals surface area contributed by atoms with Crippen LogP contribution in [0.1, 0.15) is 58.8 Å². The molecule has 16 heavy (non-hydrogen) atoms. The third-order valence-corrected chi connectivity index (χ3v) is 6.03. The minimum atomic E-state index is -0.347. The number of hydrogen-bond acceptors (Lipinski definition) is 1. The highest BCUT2D eigenvalue weighted by molar-refractivity contribution is 5.16. The van der Waals surface area contributed by atoms with E-state index in [2.05, 4.69) is 19.9 Å². The van der Waals surface area contributed by atoms with Crippen LogP contribution in [0.5, 0.6) is 0 Å². The topological polar surface area (TPSA) is 20.2 Å². The molecule has 2 saturated carbocycles. The van der Waals surface area contributed by atoms with Crippen LogP contribution in [0, 0.1) is 17.3 Å². The van der Waals surface area contributed by atoms with Crippen molar-refractivity contribution >= 4 is 0 Å². The Morgan fingerprint density at radius 2 is 2.00 bits per heavy atom. The van der Waals surface area contributed by atoms with Gasteiger partial charge in [0.05, 0.1) is 5.60 Å². The van der Waals surface area contributed by atoms with Crippen LogP contribution in [-0.2, 0) is 0 Å². The van der Waals surface area contributed by atoms with Gasteiger partial charge in [0.2, 0.25) is 0 Å². The lowest BCUT2D eigenvalue weighted by Crippen LogP contribution is -2.57. The lowest BCUT2D eigenvalue weighted by Gasteiger charge is -2.60. The molecule has 0 aromatic rings. The van der Waals surface area contributed by atoms with Gasteiger partial charge in [-0.3, -0.25) is 0 Å². The van der Waals surface area contributed by atoms with Crippen molar-refractivity contribution in [2.24, 2.45) is 17.3 Å². The monoisotopic (exact) mass is 220 g/mol. The van der Waals surface area contributed by atoms with Crippen LogP contribution < -0.4 is 0 Å². The van der Waals surface area contributed by atoms with Crippen molar-refractivity contribution in [2.75, 3.05) is 0 Å². The fourth-order valence-corrected chi connectivity index (χ4v) is 4.46. The van der Waals surface area contributed by atoms with E-state index in [4.69, 9.17) is 0 Å². The van der Waals surface area contributed by atoms with Crippen LogP contribution in [0.25, 0.3) is 0 Å². The van der Waals surface area contributed by atoms with Gasteiger partial charge >= 0.3 is 0 Å². The predicted molar refractivity (Wildman–Crippen MR) is 66.1 cm³/mol. The largest absolute Gasteiger partial charge is 0.390 e. The van der Waals surface area contributed by atoms with Gasteiger partial charge in [-0.25, -0.2) is 0 Å². The summed E-state index contributed by atoms with van der Waals surface area (Å²) in [5.74, 6) is 1.38. The first-order chi connectivity index (χ1) is 7.55. The molecular weight excluding hydrogens is 196 g/mol. The quantitative estimate of drug-likeness (QED) is 0.617. The van der Waals surface area contributed by atoms with Crippen molar-refractivity contribution in [2.45, 2.75) is 64.4 Å². The summed E-state index contributed by atoms with van der Waals surface area (Å²) in [4.78, 5) is 0. The zero-order valence-electron chi connectivity index (χ0n) is 10.6. The molecule has 0 saturated heterocycles. The summed E-state index contributed by atoms with van der Waals surface area (Å²) in [5.41, 5.74) is 1.69. The first-order valence-corrected chi connectivity index (χ1v) is 6.95. The highest BCUT2D eigenvalue weighted by atomic mass is 16.3. The molecule has 4 unspecified atom stereocenters. The Kier molecular flexibility index (Phi) is 2.27. The predicted octanol–water partition coefficient (Wildman–Crippen LogP) is 3.67. The summed E-state index contributed by atoms with van der Waals surface area (Å²) in [5, 5.41) is 10.9. The maximum absolute atomic E-state index is 10.9. The van der Waals surface area contributed by atoms with Gasteiger partial charge in [0.1, 0.15) is 0 Å². The number of rotatable bonds is 0. The SMILES string of the molecule is CC1CC2C3(O)CCC=C(CC3)CCC12C. The van der Waals surface area contributed by atoms with Crippen molar-refractivity contribution in [1.82, 2.24) is 0 Å². The van der Waals surface area contributed by atoms with E-state index in [1.54, 1.807) is 5.57 Å². The molecule has 2 fully saturated rings. The molecule has 3 aliphatic carbocycles. The Hall–Kier alpha value is -0.300. The van der Waals surface area contributed by atoms with Crippen molar-refractivity contribution in [3.63, 3.8) is 0 Å². The third-order valence-electron chi connectivity index (χ3n) is 6.03. The molecule has 0 aromatic carbocycles. The van der Waals surface area contributed by atoms with Crippen LogP contribution in [0.3, 0.4) is 0 Å². The van der Waals surface area contributed by atoms with E-state index in [9.17, 15) is 5.11 Å². The van der Waals surface area contributed by atoms with Crippen LogP contribution in [0.4, 0.5) is 0 Å². The van der Waals surface area contributed by atoms with Gasteiger partial charge in [0.25, 0.3) is 0 Å². The molecule has 0 spiro atoms. The standard InChI is InChI=1S/C15H24O/c1-11-10-13-14(11,2)8-5-12-4-3-7-15(13,16)9-6-12/h4,11,13,16H,3,5-10H2,1-2H3. The normalized spacial score (nSPS) is 51.8. The van der Waals surface area contributed by atoms with Crippen molar-refractivity contribution in [3.05, 3.63) is 11.6 Å². The lowest BCUT2D eigenvalue weighted by molar-refractivity contribution is -0.170. The highest BCUT2D eigenvalue weighted by Gasteiger charge is 2.57. The molecule has 3 rings (SSSR count). The van der Waals surface area contributed by atoms with E-state index in [-0.39, 0.29) is 5.60 Å². The summed E-state index contributed by atoms with van der Waals surface area (Å²) in [6, 6.07) is 0. The molecule has 1 nitrogen and oxygen atoms in total. The summed E-state index contributed by atoms with van der Waals surface area (Å²) in [7, 11) is 0. The van der Waals surface area contributed by atoms with Gasteiger partial charge in [-0.2, -0.15) is 0 Å². The molecule has 1 heteroatoms. The Balaban J connectivity index is 1.96. The van der Waals surface area contributed by atoms with Crippen LogP contribution >= 0.6 is 0 Å². The molecule has 0 heterocycles. The smallest absolute Gasteiger partial charge is 0.0687 e. The van der Waals surface area contributed by atoms with E-state index in [1.165, 1.54) is 19.3 Å². The maximum atomic E-state index is 10.9. The molecule has 90 valence electrons. The zero-order valence-corrected chi connectivity index (χ0v) is 10.6. The van der Waals surface area contributed by atoms with Crippen molar-refractivity contribution < 1.29 is 5.11 Å². The Morgan fingerprint density at radius 1 is 1.25 bits per heavy atom. The van der Waals surface area contributed by atoms with Crippen LogP contribution in [-0.4, -0.2) is 10.7 Å². The average molecular weight is 220 g/mol. The summed E-state index contributed by atoms with van der Waals surface area (Å²) in [6.07, 6.45) is 10.5. The molecule has 0 amide bonds. The fraction of sp³-hybridized carbons (Fsp3) is 0.867. The van der Waals surface area contributed by atoms with Crippen LogP contribution in [0.15, 0.2) is 11.6 Å². The van der Waals surface area contributed by atoms with E-state index in [0.717, 1.165) is 31.6 Å². The van der Waals surface area contributed by atoms with Gasteiger partial charge in [0, 0.05) is 0 Å². The van der Waals surface area contributed by atoms with Gasteiger partial charge in [-0.15, -0.1) is 0 Å². The second kappa shape index (κ2) is 3.35.